The van der Waals surface area contributed by atoms with E-state index in [1.54, 1.807) is 12.3 Å². The van der Waals surface area contributed by atoms with Gasteiger partial charge < -0.3 is 10.6 Å². The number of benzene rings is 1. The summed E-state index contributed by atoms with van der Waals surface area (Å²) < 4.78 is 0. The Hall–Kier alpha value is -2.69. The number of aromatic nitrogens is 1. The fourth-order valence-corrected chi connectivity index (χ4v) is 2.02. The molecule has 0 radical (unpaired) electrons. The number of rotatable bonds is 6. The summed E-state index contributed by atoms with van der Waals surface area (Å²) in [4.78, 5) is 27.7. The molecular formula is C18H21N3O2. The molecule has 120 valence electrons. The summed E-state index contributed by atoms with van der Waals surface area (Å²) >= 11 is 0. The number of hydrogen-bond acceptors (Lipinski definition) is 3. The molecule has 2 N–H and O–H groups in total. The molecule has 1 aromatic heterocycles. The van der Waals surface area contributed by atoms with Gasteiger partial charge in [-0.25, -0.2) is 4.98 Å². The number of carbonyl (C=O) groups is 2. The van der Waals surface area contributed by atoms with E-state index < -0.39 is 0 Å². The zero-order valence-electron chi connectivity index (χ0n) is 13.4. The van der Waals surface area contributed by atoms with Crippen LogP contribution in [0.1, 0.15) is 23.1 Å². The van der Waals surface area contributed by atoms with Crippen LogP contribution >= 0.6 is 0 Å². The lowest BCUT2D eigenvalue weighted by Crippen LogP contribution is -2.29. The van der Waals surface area contributed by atoms with E-state index >= 15 is 0 Å². The number of nitrogens with zero attached hydrogens (tertiary/aromatic N) is 1. The van der Waals surface area contributed by atoms with Gasteiger partial charge in [-0.3, -0.25) is 9.59 Å². The lowest BCUT2D eigenvalue weighted by molar-refractivity contribution is -0.120. The van der Waals surface area contributed by atoms with Gasteiger partial charge in [0.1, 0.15) is 5.82 Å². The van der Waals surface area contributed by atoms with Crippen molar-refractivity contribution in [1.82, 2.24) is 10.3 Å². The van der Waals surface area contributed by atoms with Crippen molar-refractivity contribution in [1.29, 1.82) is 0 Å². The highest BCUT2D eigenvalue weighted by atomic mass is 16.2. The summed E-state index contributed by atoms with van der Waals surface area (Å²) in [6, 6.07) is 11.5. The van der Waals surface area contributed by atoms with Gasteiger partial charge in [0.15, 0.2) is 0 Å². The van der Waals surface area contributed by atoms with Crippen LogP contribution in [0.2, 0.25) is 0 Å². The lowest BCUT2D eigenvalue weighted by Gasteiger charge is -2.07. The van der Waals surface area contributed by atoms with Gasteiger partial charge in [0.2, 0.25) is 11.8 Å². The second kappa shape index (κ2) is 8.08. The van der Waals surface area contributed by atoms with Crippen LogP contribution in [0.25, 0.3) is 0 Å². The third-order valence-electron chi connectivity index (χ3n) is 3.34. The zero-order valence-corrected chi connectivity index (χ0v) is 13.4. The van der Waals surface area contributed by atoms with E-state index in [1.165, 1.54) is 0 Å². The molecule has 5 nitrogen and oxygen atoms in total. The first-order valence-electron chi connectivity index (χ1n) is 7.57. The molecule has 0 fully saturated rings. The Morgan fingerprint density at radius 2 is 1.65 bits per heavy atom. The van der Waals surface area contributed by atoms with E-state index in [4.69, 9.17) is 0 Å². The smallest absolute Gasteiger partial charge is 0.227 e. The number of carbonyl (C=O) groups excluding carboxylic acids is 2. The van der Waals surface area contributed by atoms with E-state index in [0.29, 0.717) is 18.8 Å². The first kappa shape index (κ1) is 16.7. The van der Waals surface area contributed by atoms with Gasteiger partial charge in [-0.1, -0.05) is 35.9 Å². The predicted octanol–water partition coefficient (Wildman–Crippen LogP) is 2.39. The summed E-state index contributed by atoms with van der Waals surface area (Å²) in [5, 5.41) is 5.45. The summed E-state index contributed by atoms with van der Waals surface area (Å²) in [6.07, 6.45) is 2.23. The third-order valence-corrected chi connectivity index (χ3v) is 3.34. The molecule has 1 aromatic carbocycles. The molecule has 0 saturated carbocycles. The minimum atomic E-state index is -0.169. The standard InChI is InChI=1S/C18H21N3O2/c1-13-3-6-15(7-4-13)11-18(23)19-10-9-17(22)21-16-8-5-14(2)12-20-16/h3-8,12H,9-11H2,1-2H3,(H,19,23)(H,20,21,22). The maximum Gasteiger partial charge on any atom is 0.227 e. The maximum atomic E-state index is 11.8. The monoisotopic (exact) mass is 311 g/mol. The van der Waals surface area contributed by atoms with E-state index in [-0.39, 0.29) is 18.2 Å². The molecule has 0 aliphatic carbocycles. The van der Waals surface area contributed by atoms with E-state index in [0.717, 1.165) is 16.7 Å². The Labute approximate surface area is 136 Å². The van der Waals surface area contributed by atoms with Gasteiger partial charge in [0.25, 0.3) is 0 Å². The molecule has 0 unspecified atom stereocenters. The molecule has 2 aromatic rings. The van der Waals surface area contributed by atoms with E-state index in [1.807, 2.05) is 44.2 Å². The summed E-state index contributed by atoms with van der Waals surface area (Å²) in [5.74, 6) is 0.263. The van der Waals surface area contributed by atoms with Crippen LogP contribution in [-0.2, 0) is 16.0 Å². The molecular weight excluding hydrogens is 290 g/mol. The molecule has 0 aliphatic rings. The highest BCUT2D eigenvalue weighted by molar-refractivity contribution is 5.90. The number of hydrogen-bond donors (Lipinski definition) is 2. The fraction of sp³-hybridized carbons (Fsp3) is 0.278. The van der Waals surface area contributed by atoms with Gasteiger partial charge in [-0.15, -0.1) is 0 Å². The van der Waals surface area contributed by atoms with E-state index in [2.05, 4.69) is 15.6 Å². The van der Waals surface area contributed by atoms with Crippen LogP contribution in [0.5, 0.6) is 0 Å². The van der Waals surface area contributed by atoms with Crippen molar-refractivity contribution in [2.45, 2.75) is 26.7 Å². The van der Waals surface area contributed by atoms with E-state index in [9.17, 15) is 9.59 Å². The normalized spacial score (nSPS) is 10.2. The van der Waals surface area contributed by atoms with Crippen LogP contribution in [0.4, 0.5) is 5.82 Å². The second-order valence-corrected chi connectivity index (χ2v) is 5.53. The summed E-state index contributed by atoms with van der Waals surface area (Å²) in [5.41, 5.74) is 3.16. The van der Waals surface area contributed by atoms with Gasteiger partial charge in [0, 0.05) is 19.2 Å². The van der Waals surface area contributed by atoms with Gasteiger partial charge in [-0.2, -0.15) is 0 Å². The largest absolute Gasteiger partial charge is 0.355 e. The molecule has 23 heavy (non-hydrogen) atoms. The first-order valence-corrected chi connectivity index (χ1v) is 7.57. The lowest BCUT2D eigenvalue weighted by atomic mass is 10.1. The molecule has 0 spiro atoms. The van der Waals surface area contributed by atoms with Gasteiger partial charge in [-0.05, 0) is 31.0 Å². The number of aryl methyl sites for hydroxylation is 2. The highest BCUT2D eigenvalue weighted by Crippen LogP contribution is 2.05. The Bertz CT molecular complexity index is 604. The summed E-state index contributed by atoms with van der Waals surface area (Å²) in [7, 11) is 0. The fourth-order valence-electron chi connectivity index (χ4n) is 2.02. The first-order chi connectivity index (χ1) is 11.0. The van der Waals surface area contributed by atoms with Crippen molar-refractivity contribution in [3.05, 3.63) is 59.3 Å². The maximum absolute atomic E-state index is 11.8. The highest BCUT2D eigenvalue weighted by Gasteiger charge is 2.06. The molecule has 0 atom stereocenters. The van der Waals surface area contributed by atoms with Crippen molar-refractivity contribution in [3.63, 3.8) is 0 Å². The molecule has 0 saturated heterocycles. The van der Waals surface area contributed by atoms with Gasteiger partial charge in [0.05, 0.1) is 6.42 Å². The van der Waals surface area contributed by atoms with Crippen LogP contribution in [0, 0.1) is 13.8 Å². The number of anilines is 1. The Balaban J connectivity index is 1.69. The average Bonchev–Trinajstić information content (AvgIpc) is 2.52. The van der Waals surface area contributed by atoms with Crippen LogP contribution in [-0.4, -0.2) is 23.3 Å². The summed E-state index contributed by atoms with van der Waals surface area (Å²) in [6.45, 7) is 4.25. The SMILES string of the molecule is Cc1ccc(CC(=O)NCCC(=O)Nc2ccc(C)cn2)cc1. The second-order valence-electron chi connectivity index (χ2n) is 5.53. The minimum absolute atomic E-state index is 0.0879. The minimum Gasteiger partial charge on any atom is -0.355 e. The number of amides is 2. The Morgan fingerprint density at radius 1 is 0.957 bits per heavy atom. The predicted molar refractivity (Wildman–Crippen MR) is 90.1 cm³/mol. The quantitative estimate of drug-likeness (QED) is 0.860. The molecule has 2 rings (SSSR count). The Kier molecular flexibility index (Phi) is 5.86. The molecule has 0 bridgehead atoms. The van der Waals surface area contributed by atoms with Crippen LogP contribution < -0.4 is 10.6 Å². The topological polar surface area (TPSA) is 71.1 Å². The molecule has 5 heteroatoms. The third kappa shape index (κ3) is 5.90. The van der Waals surface area contributed by atoms with Crippen LogP contribution in [0.3, 0.4) is 0 Å². The Morgan fingerprint density at radius 3 is 2.30 bits per heavy atom. The number of nitrogens with one attached hydrogen (secondary N) is 2. The van der Waals surface area contributed by atoms with Crippen LogP contribution in [0.15, 0.2) is 42.6 Å². The van der Waals surface area contributed by atoms with Gasteiger partial charge >= 0.3 is 0 Å². The van der Waals surface area contributed by atoms with Crippen molar-refractivity contribution in [3.8, 4) is 0 Å². The number of pyridine rings is 1. The molecule has 0 aliphatic heterocycles. The average molecular weight is 311 g/mol. The molecule has 1 heterocycles. The van der Waals surface area contributed by atoms with Crippen molar-refractivity contribution < 1.29 is 9.59 Å². The zero-order chi connectivity index (χ0) is 16.7. The molecule has 2 amide bonds. The van der Waals surface area contributed by atoms with Crippen molar-refractivity contribution in [2.75, 3.05) is 11.9 Å². The van der Waals surface area contributed by atoms with Crippen molar-refractivity contribution in [2.24, 2.45) is 0 Å². The van der Waals surface area contributed by atoms with Crippen molar-refractivity contribution >= 4 is 17.6 Å².